The van der Waals surface area contributed by atoms with E-state index in [0.717, 1.165) is 5.56 Å². The molecule has 2 N–H and O–H groups in total. The minimum absolute atomic E-state index is 0.275. The van der Waals surface area contributed by atoms with Gasteiger partial charge in [-0.3, -0.25) is 9.69 Å². The van der Waals surface area contributed by atoms with Crippen LogP contribution in [0.3, 0.4) is 0 Å². The molecule has 1 aromatic rings. The molecular formula is C14H18FNO4. The van der Waals surface area contributed by atoms with Crippen molar-refractivity contribution < 1.29 is 24.1 Å². The minimum atomic E-state index is -0.992. The maximum Gasteiger partial charge on any atom is 0.310 e. The number of carboxylic acids is 1. The molecule has 2 atom stereocenters. The summed E-state index contributed by atoms with van der Waals surface area (Å²) in [5, 5.41) is 18.7. The van der Waals surface area contributed by atoms with Crippen molar-refractivity contribution in [1.82, 2.24) is 4.90 Å². The van der Waals surface area contributed by atoms with Gasteiger partial charge in [-0.25, -0.2) is 4.39 Å². The first-order valence-corrected chi connectivity index (χ1v) is 6.47. The molecule has 0 saturated carbocycles. The fourth-order valence-corrected chi connectivity index (χ4v) is 2.48. The van der Waals surface area contributed by atoms with Crippen molar-refractivity contribution in [1.29, 1.82) is 0 Å². The molecule has 110 valence electrons. The second-order valence-corrected chi connectivity index (χ2v) is 4.99. The molecule has 0 unspecified atom stereocenters. The number of halogens is 1. The van der Waals surface area contributed by atoms with E-state index in [1.165, 1.54) is 19.2 Å². The highest BCUT2D eigenvalue weighted by atomic mass is 19.1. The summed E-state index contributed by atoms with van der Waals surface area (Å²) in [6.45, 7) is 1.35. The minimum Gasteiger partial charge on any atom is -0.496 e. The molecule has 1 fully saturated rings. The molecule has 0 spiro atoms. The van der Waals surface area contributed by atoms with E-state index in [-0.39, 0.29) is 12.4 Å². The number of aliphatic carboxylic acids is 1. The van der Waals surface area contributed by atoms with Crippen molar-refractivity contribution in [3.63, 3.8) is 0 Å². The van der Waals surface area contributed by atoms with Crippen LogP contribution < -0.4 is 4.74 Å². The molecule has 0 aliphatic carbocycles. The van der Waals surface area contributed by atoms with Gasteiger partial charge in [0, 0.05) is 31.3 Å². The Balaban J connectivity index is 2.08. The Morgan fingerprint density at radius 2 is 2.30 bits per heavy atom. The Labute approximate surface area is 116 Å². The quantitative estimate of drug-likeness (QED) is 0.866. The van der Waals surface area contributed by atoms with E-state index in [1.54, 1.807) is 6.07 Å². The maximum absolute atomic E-state index is 13.1. The smallest absolute Gasteiger partial charge is 0.310 e. The van der Waals surface area contributed by atoms with Crippen LogP contribution in [0.1, 0.15) is 12.0 Å². The summed E-state index contributed by atoms with van der Waals surface area (Å²) >= 11 is 0. The summed E-state index contributed by atoms with van der Waals surface area (Å²) in [7, 11) is 1.47. The van der Waals surface area contributed by atoms with Gasteiger partial charge in [0.2, 0.25) is 0 Å². The molecule has 1 aliphatic heterocycles. The van der Waals surface area contributed by atoms with E-state index in [0.29, 0.717) is 25.3 Å². The molecule has 0 bridgehead atoms. The average Bonchev–Trinajstić information content (AvgIpc) is 2.42. The van der Waals surface area contributed by atoms with Crippen LogP contribution in [0, 0.1) is 11.7 Å². The molecule has 1 aliphatic rings. The number of methoxy groups -OCH3 is 1. The first kappa shape index (κ1) is 14.7. The molecular weight excluding hydrogens is 265 g/mol. The monoisotopic (exact) mass is 283 g/mol. The molecule has 2 rings (SSSR count). The van der Waals surface area contributed by atoms with Crippen LogP contribution in [-0.4, -0.2) is 47.4 Å². The van der Waals surface area contributed by atoms with Crippen molar-refractivity contribution in [3.8, 4) is 5.75 Å². The van der Waals surface area contributed by atoms with E-state index in [1.807, 2.05) is 4.90 Å². The standard InChI is InChI=1S/C14H18FNO4/c1-20-13-6-10(15)3-2-9(13)7-16-5-4-12(17)11(8-16)14(18)19/h2-3,6,11-12,17H,4-5,7-8H2,1H3,(H,18,19)/t11-,12+/m1/s1. The number of aliphatic hydroxyl groups excluding tert-OH is 1. The number of hydrogen-bond acceptors (Lipinski definition) is 4. The molecule has 0 radical (unpaired) electrons. The van der Waals surface area contributed by atoms with E-state index < -0.39 is 18.0 Å². The van der Waals surface area contributed by atoms with Gasteiger partial charge < -0.3 is 14.9 Å². The lowest BCUT2D eigenvalue weighted by Gasteiger charge is -2.34. The SMILES string of the molecule is COc1cc(F)ccc1CN1CC[C@H](O)[C@H](C(=O)O)C1. The molecule has 6 heteroatoms. The Morgan fingerprint density at radius 1 is 1.55 bits per heavy atom. The van der Waals surface area contributed by atoms with Gasteiger partial charge in [0.1, 0.15) is 11.6 Å². The van der Waals surface area contributed by atoms with Gasteiger partial charge in [-0.05, 0) is 12.5 Å². The predicted octanol–water partition coefficient (Wildman–Crippen LogP) is 1.10. The lowest BCUT2D eigenvalue weighted by atomic mass is 9.94. The Kier molecular flexibility index (Phi) is 4.57. The van der Waals surface area contributed by atoms with Gasteiger partial charge in [0.25, 0.3) is 0 Å². The molecule has 1 heterocycles. The number of carboxylic acid groups (broad SMARTS) is 1. The number of hydrogen-bond donors (Lipinski definition) is 2. The summed E-state index contributed by atoms with van der Waals surface area (Å²) in [4.78, 5) is 13.0. The van der Waals surface area contributed by atoms with Crippen LogP contribution in [0.5, 0.6) is 5.75 Å². The number of benzene rings is 1. The number of aliphatic hydroxyl groups is 1. The third-order valence-corrected chi connectivity index (χ3v) is 3.62. The number of nitrogens with zero attached hydrogens (tertiary/aromatic N) is 1. The average molecular weight is 283 g/mol. The molecule has 0 aromatic heterocycles. The second kappa shape index (κ2) is 6.19. The third-order valence-electron chi connectivity index (χ3n) is 3.62. The highest BCUT2D eigenvalue weighted by molar-refractivity contribution is 5.71. The molecule has 0 amide bonds. The number of likely N-dealkylation sites (tertiary alicyclic amines) is 1. The van der Waals surface area contributed by atoms with Gasteiger partial charge >= 0.3 is 5.97 Å². The van der Waals surface area contributed by atoms with Crippen molar-refractivity contribution in [3.05, 3.63) is 29.6 Å². The lowest BCUT2D eigenvalue weighted by molar-refractivity contribution is -0.149. The van der Waals surface area contributed by atoms with Gasteiger partial charge in [0.05, 0.1) is 19.1 Å². The highest BCUT2D eigenvalue weighted by Gasteiger charge is 2.33. The summed E-state index contributed by atoms with van der Waals surface area (Å²) in [5.41, 5.74) is 0.800. The highest BCUT2D eigenvalue weighted by Crippen LogP contribution is 2.24. The van der Waals surface area contributed by atoms with Crippen LogP contribution in [0.15, 0.2) is 18.2 Å². The zero-order chi connectivity index (χ0) is 14.7. The first-order valence-electron chi connectivity index (χ1n) is 6.47. The van der Waals surface area contributed by atoms with Crippen LogP contribution in [0.4, 0.5) is 4.39 Å². The van der Waals surface area contributed by atoms with Gasteiger partial charge in [-0.1, -0.05) is 6.07 Å². The van der Waals surface area contributed by atoms with E-state index in [4.69, 9.17) is 9.84 Å². The van der Waals surface area contributed by atoms with Crippen LogP contribution in [-0.2, 0) is 11.3 Å². The van der Waals surface area contributed by atoms with Crippen molar-refractivity contribution in [2.45, 2.75) is 19.1 Å². The van der Waals surface area contributed by atoms with Gasteiger partial charge in [-0.2, -0.15) is 0 Å². The zero-order valence-electron chi connectivity index (χ0n) is 11.3. The second-order valence-electron chi connectivity index (χ2n) is 4.99. The van der Waals surface area contributed by atoms with Gasteiger partial charge in [0.15, 0.2) is 0 Å². The van der Waals surface area contributed by atoms with Crippen LogP contribution in [0.2, 0.25) is 0 Å². The van der Waals surface area contributed by atoms with Crippen LogP contribution >= 0.6 is 0 Å². The summed E-state index contributed by atoms with van der Waals surface area (Å²) in [6.07, 6.45) is -0.389. The largest absolute Gasteiger partial charge is 0.496 e. The number of ether oxygens (including phenoxy) is 1. The Bertz CT molecular complexity index is 494. The van der Waals surface area contributed by atoms with Crippen molar-refractivity contribution in [2.24, 2.45) is 5.92 Å². The predicted molar refractivity (Wildman–Crippen MR) is 70.0 cm³/mol. The number of rotatable bonds is 4. The fourth-order valence-electron chi connectivity index (χ4n) is 2.48. The van der Waals surface area contributed by atoms with Crippen molar-refractivity contribution >= 4 is 5.97 Å². The Morgan fingerprint density at radius 3 is 2.95 bits per heavy atom. The normalized spacial score (nSPS) is 23.6. The maximum atomic E-state index is 13.1. The molecule has 1 saturated heterocycles. The lowest BCUT2D eigenvalue weighted by Crippen LogP contribution is -2.46. The van der Waals surface area contributed by atoms with Gasteiger partial charge in [-0.15, -0.1) is 0 Å². The molecule has 20 heavy (non-hydrogen) atoms. The summed E-state index contributed by atoms with van der Waals surface area (Å²) in [6, 6.07) is 4.29. The van der Waals surface area contributed by atoms with E-state index >= 15 is 0 Å². The third kappa shape index (κ3) is 3.26. The van der Waals surface area contributed by atoms with E-state index in [2.05, 4.69) is 0 Å². The molecule has 5 nitrogen and oxygen atoms in total. The molecule has 1 aromatic carbocycles. The Hall–Kier alpha value is -1.66. The van der Waals surface area contributed by atoms with Crippen molar-refractivity contribution in [2.75, 3.05) is 20.2 Å². The summed E-state index contributed by atoms with van der Waals surface area (Å²) in [5.74, 6) is -1.70. The number of piperidine rings is 1. The fraction of sp³-hybridized carbons (Fsp3) is 0.500. The first-order chi connectivity index (χ1) is 9.51. The van der Waals surface area contributed by atoms with Crippen LogP contribution in [0.25, 0.3) is 0 Å². The summed E-state index contributed by atoms with van der Waals surface area (Å²) < 4.78 is 18.3. The topological polar surface area (TPSA) is 70.0 Å². The van der Waals surface area contributed by atoms with E-state index in [9.17, 15) is 14.3 Å². The zero-order valence-corrected chi connectivity index (χ0v) is 11.3. The number of carbonyl (C=O) groups is 1.